The molecule has 1 heterocycles. The molecular formula is C20H24O3S. The third-order valence-corrected chi connectivity index (χ3v) is 4.47. The van der Waals surface area contributed by atoms with Gasteiger partial charge >= 0.3 is 0 Å². The zero-order chi connectivity index (χ0) is 17.3. The second-order valence-corrected chi connectivity index (χ2v) is 6.46. The Kier molecular flexibility index (Phi) is 7.25. The van der Waals surface area contributed by atoms with Crippen molar-refractivity contribution >= 4 is 11.3 Å². The topological polar surface area (TPSA) is 38.7 Å². The number of aliphatic hydroxyl groups excluding tert-OH is 1. The van der Waals surface area contributed by atoms with E-state index in [1.165, 1.54) is 0 Å². The number of aliphatic hydroxyl groups is 1. The van der Waals surface area contributed by atoms with Gasteiger partial charge in [-0.15, -0.1) is 13.2 Å². The monoisotopic (exact) mass is 344 g/mol. The molecule has 128 valence electrons. The van der Waals surface area contributed by atoms with Gasteiger partial charge in [-0.2, -0.15) is 11.3 Å². The van der Waals surface area contributed by atoms with Crippen LogP contribution < -0.4 is 4.74 Å². The normalized spacial score (nSPS) is 11.2. The van der Waals surface area contributed by atoms with Crippen LogP contribution in [0, 0.1) is 0 Å². The molecule has 0 aliphatic heterocycles. The summed E-state index contributed by atoms with van der Waals surface area (Å²) in [6.45, 7) is 8.63. The molecule has 2 rings (SSSR count). The Labute approximate surface area is 147 Å². The minimum Gasteiger partial charge on any atom is -0.491 e. The van der Waals surface area contributed by atoms with Crippen LogP contribution in [0.1, 0.15) is 24.0 Å². The van der Waals surface area contributed by atoms with Gasteiger partial charge < -0.3 is 14.6 Å². The summed E-state index contributed by atoms with van der Waals surface area (Å²) in [6, 6.07) is 9.51. The molecule has 0 atom stereocenters. The van der Waals surface area contributed by atoms with E-state index in [1.54, 1.807) is 11.3 Å². The highest BCUT2D eigenvalue weighted by Crippen LogP contribution is 2.26. The van der Waals surface area contributed by atoms with Crippen LogP contribution in [0.25, 0.3) is 0 Å². The molecule has 4 heteroatoms. The lowest BCUT2D eigenvalue weighted by Gasteiger charge is -2.32. The molecule has 0 fully saturated rings. The molecule has 0 saturated heterocycles. The first-order valence-corrected chi connectivity index (χ1v) is 8.85. The van der Waals surface area contributed by atoms with E-state index in [4.69, 9.17) is 9.47 Å². The van der Waals surface area contributed by atoms with E-state index in [2.05, 4.69) is 24.6 Å². The maximum atomic E-state index is 9.24. The minimum absolute atomic E-state index is 0.00366. The molecule has 0 amide bonds. The van der Waals surface area contributed by atoms with Crippen LogP contribution in [-0.2, 0) is 18.0 Å². The average molecular weight is 344 g/mol. The van der Waals surface area contributed by atoms with E-state index in [1.807, 2.05) is 41.8 Å². The number of thiophene rings is 1. The molecule has 2 aromatic rings. The van der Waals surface area contributed by atoms with Crippen molar-refractivity contribution in [2.45, 2.75) is 31.7 Å². The molecule has 0 aliphatic carbocycles. The molecular weight excluding hydrogens is 320 g/mol. The molecule has 1 aromatic carbocycles. The van der Waals surface area contributed by atoms with Gasteiger partial charge in [-0.3, -0.25) is 0 Å². The zero-order valence-electron chi connectivity index (χ0n) is 13.8. The van der Waals surface area contributed by atoms with Crippen LogP contribution in [0.2, 0.25) is 0 Å². The molecule has 1 aromatic heterocycles. The van der Waals surface area contributed by atoms with Gasteiger partial charge in [-0.1, -0.05) is 24.3 Å². The number of rotatable bonds is 11. The Morgan fingerprint density at radius 3 is 2.54 bits per heavy atom. The summed E-state index contributed by atoms with van der Waals surface area (Å²) >= 11 is 1.66. The summed E-state index contributed by atoms with van der Waals surface area (Å²) < 4.78 is 12.2. The van der Waals surface area contributed by atoms with E-state index in [0.717, 1.165) is 16.9 Å². The van der Waals surface area contributed by atoms with Crippen molar-refractivity contribution in [1.29, 1.82) is 0 Å². The van der Waals surface area contributed by atoms with E-state index < -0.39 is 5.60 Å². The fourth-order valence-electron chi connectivity index (χ4n) is 2.45. The van der Waals surface area contributed by atoms with Crippen LogP contribution in [0.15, 0.2) is 66.4 Å². The first-order valence-electron chi connectivity index (χ1n) is 7.91. The van der Waals surface area contributed by atoms with Crippen LogP contribution in [0.3, 0.4) is 0 Å². The quantitative estimate of drug-likeness (QED) is 0.599. The summed E-state index contributed by atoms with van der Waals surface area (Å²) in [6.07, 6.45) is 5.04. The summed E-state index contributed by atoms with van der Waals surface area (Å²) in [5.41, 5.74) is 1.48. The van der Waals surface area contributed by atoms with E-state index in [9.17, 15) is 5.11 Å². The van der Waals surface area contributed by atoms with Crippen molar-refractivity contribution < 1.29 is 14.6 Å². The predicted molar refractivity (Wildman–Crippen MR) is 99.3 cm³/mol. The van der Waals surface area contributed by atoms with Crippen LogP contribution in [0.5, 0.6) is 5.75 Å². The molecule has 0 bridgehead atoms. The van der Waals surface area contributed by atoms with Crippen molar-refractivity contribution in [1.82, 2.24) is 0 Å². The molecule has 0 unspecified atom stereocenters. The maximum absolute atomic E-state index is 9.24. The van der Waals surface area contributed by atoms with Gasteiger partial charge in [0.2, 0.25) is 0 Å². The van der Waals surface area contributed by atoms with Gasteiger partial charge in [0, 0.05) is 0 Å². The van der Waals surface area contributed by atoms with Gasteiger partial charge in [-0.05, 0) is 52.9 Å². The largest absolute Gasteiger partial charge is 0.491 e. The van der Waals surface area contributed by atoms with Crippen LogP contribution in [-0.4, -0.2) is 17.3 Å². The summed E-state index contributed by atoms with van der Waals surface area (Å²) in [5.74, 6) is 0.721. The van der Waals surface area contributed by atoms with E-state index in [0.29, 0.717) is 26.1 Å². The molecule has 0 radical (unpaired) electrons. The van der Waals surface area contributed by atoms with Gasteiger partial charge in [0.05, 0.1) is 13.2 Å². The Bertz CT molecular complexity index is 624. The van der Waals surface area contributed by atoms with Crippen molar-refractivity contribution in [3.05, 3.63) is 77.5 Å². The maximum Gasteiger partial charge on any atom is 0.119 e. The Morgan fingerprint density at radius 2 is 1.92 bits per heavy atom. The summed E-state index contributed by atoms with van der Waals surface area (Å²) in [7, 11) is 0. The molecule has 3 nitrogen and oxygen atoms in total. The number of ether oxygens (including phenoxy) is 2. The third kappa shape index (κ3) is 5.34. The second-order valence-electron chi connectivity index (χ2n) is 5.68. The van der Waals surface area contributed by atoms with E-state index in [-0.39, 0.29) is 6.61 Å². The molecule has 0 aliphatic rings. The standard InChI is InChI=1S/C20H24O3S/c1-3-9-20(10-4-2,23-14-18-8-11-24-15-18)16-22-19-7-5-6-17(12-19)13-21/h3-8,11-12,15,21H,1-2,9-10,13-14,16H2. The number of hydrogen-bond acceptors (Lipinski definition) is 4. The molecule has 0 saturated carbocycles. The van der Waals surface area contributed by atoms with Crippen molar-refractivity contribution in [3.8, 4) is 5.75 Å². The molecule has 24 heavy (non-hydrogen) atoms. The van der Waals surface area contributed by atoms with Crippen molar-refractivity contribution in [2.24, 2.45) is 0 Å². The van der Waals surface area contributed by atoms with Crippen molar-refractivity contribution in [3.63, 3.8) is 0 Å². The fourth-order valence-corrected chi connectivity index (χ4v) is 3.10. The first-order chi connectivity index (χ1) is 11.7. The lowest BCUT2D eigenvalue weighted by molar-refractivity contribution is -0.0789. The van der Waals surface area contributed by atoms with Gasteiger partial charge in [0.1, 0.15) is 18.0 Å². The average Bonchev–Trinajstić information content (AvgIpc) is 3.12. The highest BCUT2D eigenvalue weighted by atomic mass is 32.1. The van der Waals surface area contributed by atoms with Crippen molar-refractivity contribution in [2.75, 3.05) is 6.61 Å². The lowest BCUT2D eigenvalue weighted by atomic mass is 9.96. The van der Waals surface area contributed by atoms with Gasteiger partial charge in [0.25, 0.3) is 0 Å². The smallest absolute Gasteiger partial charge is 0.119 e. The molecule has 1 N–H and O–H groups in total. The minimum atomic E-state index is -0.499. The molecule has 0 spiro atoms. The van der Waals surface area contributed by atoms with Crippen LogP contribution in [0.4, 0.5) is 0 Å². The number of hydrogen-bond donors (Lipinski definition) is 1. The zero-order valence-corrected chi connectivity index (χ0v) is 14.6. The predicted octanol–water partition coefficient (Wildman–Crippen LogP) is 4.73. The lowest BCUT2D eigenvalue weighted by Crippen LogP contribution is -2.38. The third-order valence-electron chi connectivity index (χ3n) is 3.74. The van der Waals surface area contributed by atoms with Gasteiger partial charge in [-0.25, -0.2) is 0 Å². The highest BCUT2D eigenvalue weighted by Gasteiger charge is 2.30. The van der Waals surface area contributed by atoms with E-state index >= 15 is 0 Å². The Hall–Kier alpha value is -1.88. The summed E-state index contributed by atoms with van der Waals surface area (Å²) in [5, 5.41) is 13.4. The number of benzene rings is 1. The SMILES string of the molecule is C=CCC(CC=C)(COc1cccc(CO)c1)OCc1ccsc1. The second kappa shape index (κ2) is 9.42. The fraction of sp³-hybridized carbons (Fsp3) is 0.300. The Morgan fingerprint density at radius 1 is 1.12 bits per heavy atom. The van der Waals surface area contributed by atoms with Gasteiger partial charge in [0.15, 0.2) is 0 Å². The first kappa shape index (κ1) is 18.5. The summed E-state index contributed by atoms with van der Waals surface area (Å²) in [4.78, 5) is 0. The Balaban J connectivity index is 2.08. The highest BCUT2D eigenvalue weighted by molar-refractivity contribution is 7.07. The van der Waals surface area contributed by atoms with Crippen LogP contribution >= 0.6 is 11.3 Å².